The molecule has 82 valence electrons. The minimum atomic E-state index is 0.0404. The number of hydrogen-bond donors (Lipinski definition) is 1. The Morgan fingerprint density at radius 3 is 2.93 bits per heavy atom. The maximum absolute atomic E-state index is 8.89. The maximum atomic E-state index is 8.89. The van der Waals surface area contributed by atoms with Gasteiger partial charge in [-0.05, 0) is 11.6 Å². The molecule has 0 atom stereocenters. The molecule has 0 aromatic carbocycles. The number of β-amino-alcohol motifs (C(OH)–C–C–N with tert-alkyl or cyclic N) is 1. The molecule has 0 saturated carbocycles. The molecule has 0 bridgehead atoms. The van der Waals surface area contributed by atoms with E-state index >= 15 is 0 Å². The minimum absolute atomic E-state index is 0.0404. The largest absolute Gasteiger partial charge is 0.485 e. The van der Waals surface area contributed by atoms with Crippen molar-refractivity contribution in [2.75, 3.05) is 31.2 Å². The third kappa shape index (κ3) is 2.09. The van der Waals surface area contributed by atoms with Crippen LogP contribution in [0.5, 0.6) is 5.75 Å². The molecule has 15 heavy (non-hydrogen) atoms. The number of hydrogen-bond acceptors (Lipinski definition) is 5. The summed E-state index contributed by atoms with van der Waals surface area (Å²) in [5.74, 6) is 0.973. The topological polar surface area (TPSA) is 58.5 Å². The van der Waals surface area contributed by atoms with Crippen molar-refractivity contribution in [2.45, 2.75) is 0 Å². The summed E-state index contributed by atoms with van der Waals surface area (Å²) in [5.41, 5.74) is 0. The molecule has 2 heterocycles. The molecule has 0 aliphatic carbocycles. The van der Waals surface area contributed by atoms with Crippen molar-refractivity contribution in [3.8, 4) is 5.75 Å². The van der Waals surface area contributed by atoms with E-state index in [0.717, 1.165) is 0 Å². The van der Waals surface area contributed by atoms with Gasteiger partial charge in [0.25, 0.3) is 0 Å². The van der Waals surface area contributed by atoms with Gasteiger partial charge in [-0.25, -0.2) is 4.98 Å². The second kappa shape index (κ2) is 4.38. The van der Waals surface area contributed by atoms with Crippen LogP contribution in [-0.2, 0) is 0 Å². The van der Waals surface area contributed by atoms with Gasteiger partial charge >= 0.3 is 0 Å². The molecular formula is C8H9Cl2N3O2. The lowest BCUT2D eigenvalue weighted by atomic mass is 10.3. The number of aliphatic hydroxyl groups excluding tert-OH is 1. The van der Waals surface area contributed by atoms with E-state index < -0.39 is 0 Å². The molecule has 0 radical (unpaired) electrons. The number of rotatable bonds is 2. The highest BCUT2D eigenvalue weighted by Crippen LogP contribution is 2.35. The van der Waals surface area contributed by atoms with Gasteiger partial charge in [-0.2, -0.15) is 4.98 Å². The second-order valence-electron chi connectivity index (χ2n) is 3.00. The molecule has 1 aromatic heterocycles. The van der Waals surface area contributed by atoms with E-state index in [1.165, 1.54) is 0 Å². The van der Waals surface area contributed by atoms with E-state index in [1.54, 1.807) is 0 Å². The third-order valence-electron chi connectivity index (χ3n) is 2.06. The Hall–Kier alpha value is -0.780. The Kier molecular flexibility index (Phi) is 3.14. The zero-order chi connectivity index (χ0) is 10.8. The average Bonchev–Trinajstić information content (AvgIpc) is 2.19. The summed E-state index contributed by atoms with van der Waals surface area (Å²) in [6, 6.07) is 0. The molecular weight excluding hydrogens is 241 g/mol. The van der Waals surface area contributed by atoms with Crippen molar-refractivity contribution >= 4 is 29.0 Å². The number of aromatic nitrogens is 2. The van der Waals surface area contributed by atoms with Crippen LogP contribution in [-0.4, -0.2) is 41.4 Å². The van der Waals surface area contributed by atoms with Crippen molar-refractivity contribution < 1.29 is 9.84 Å². The molecule has 1 aliphatic heterocycles. The van der Waals surface area contributed by atoms with Gasteiger partial charge in [0.15, 0.2) is 16.7 Å². The lowest BCUT2D eigenvalue weighted by molar-refractivity contribution is 0.276. The minimum Gasteiger partial charge on any atom is -0.485 e. The van der Waals surface area contributed by atoms with Gasteiger partial charge in [0.05, 0.1) is 13.2 Å². The number of fused-ring (bicyclic) bond motifs is 1. The fraction of sp³-hybridized carbons (Fsp3) is 0.500. The number of nitrogens with zero attached hydrogens (tertiary/aromatic N) is 3. The Morgan fingerprint density at radius 1 is 1.40 bits per heavy atom. The smallest absolute Gasteiger partial charge is 0.226 e. The molecule has 0 amide bonds. The zero-order valence-electron chi connectivity index (χ0n) is 7.78. The number of halogens is 2. The molecule has 0 unspecified atom stereocenters. The SMILES string of the molecule is OCCN1CCOc2c(Cl)nc(Cl)nc21. The quantitative estimate of drug-likeness (QED) is 0.626. The van der Waals surface area contributed by atoms with Gasteiger partial charge in [-0.3, -0.25) is 0 Å². The molecule has 1 N–H and O–H groups in total. The normalized spacial score (nSPS) is 14.7. The predicted molar refractivity (Wildman–Crippen MR) is 56.8 cm³/mol. The maximum Gasteiger partial charge on any atom is 0.226 e. The molecule has 7 heteroatoms. The van der Waals surface area contributed by atoms with Gasteiger partial charge in [0, 0.05) is 6.54 Å². The highest BCUT2D eigenvalue weighted by molar-refractivity contribution is 6.33. The van der Waals surface area contributed by atoms with Crippen LogP contribution >= 0.6 is 23.2 Å². The zero-order valence-corrected chi connectivity index (χ0v) is 9.29. The fourth-order valence-corrected chi connectivity index (χ4v) is 1.85. The molecule has 5 nitrogen and oxygen atoms in total. The first kappa shape index (κ1) is 10.7. The van der Waals surface area contributed by atoms with Crippen LogP contribution in [0.4, 0.5) is 5.82 Å². The summed E-state index contributed by atoms with van der Waals surface area (Å²) < 4.78 is 5.35. The molecule has 1 aliphatic rings. The van der Waals surface area contributed by atoms with Crippen molar-refractivity contribution in [1.29, 1.82) is 0 Å². The van der Waals surface area contributed by atoms with Gasteiger partial charge in [-0.1, -0.05) is 11.6 Å². The van der Waals surface area contributed by atoms with Crippen molar-refractivity contribution in [2.24, 2.45) is 0 Å². The van der Waals surface area contributed by atoms with Crippen molar-refractivity contribution in [1.82, 2.24) is 9.97 Å². The van der Waals surface area contributed by atoms with E-state index in [4.69, 9.17) is 33.0 Å². The average molecular weight is 250 g/mol. The van der Waals surface area contributed by atoms with Crippen molar-refractivity contribution in [3.63, 3.8) is 0 Å². The summed E-state index contributed by atoms with van der Waals surface area (Å²) in [4.78, 5) is 9.68. The monoisotopic (exact) mass is 249 g/mol. The Labute approximate surface area is 96.6 Å². The van der Waals surface area contributed by atoms with Crippen LogP contribution in [0.15, 0.2) is 0 Å². The molecule has 0 spiro atoms. The molecule has 2 rings (SSSR count). The fourth-order valence-electron chi connectivity index (χ4n) is 1.43. The van der Waals surface area contributed by atoms with E-state index in [2.05, 4.69) is 9.97 Å². The van der Waals surface area contributed by atoms with Gasteiger partial charge < -0.3 is 14.7 Å². The van der Waals surface area contributed by atoms with Gasteiger partial charge in [0.1, 0.15) is 6.61 Å². The van der Waals surface area contributed by atoms with Crippen LogP contribution < -0.4 is 9.64 Å². The molecule has 0 fully saturated rings. The van der Waals surface area contributed by atoms with Crippen LogP contribution in [0.3, 0.4) is 0 Å². The predicted octanol–water partition coefficient (Wildman–Crippen LogP) is 0.974. The van der Waals surface area contributed by atoms with Crippen LogP contribution in [0.2, 0.25) is 10.4 Å². The van der Waals surface area contributed by atoms with Crippen molar-refractivity contribution in [3.05, 3.63) is 10.4 Å². The van der Waals surface area contributed by atoms with Gasteiger partial charge in [0.2, 0.25) is 5.28 Å². The van der Waals surface area contributed by atoms with E-state index in [0.29, 0.717) is 31.3 Å². The van der Waals surface area contributed by atoms with Crippen LogP contribution in [0.25, 0.3) is 0 Å². The standard InChI is InChI=1S/C8H9Cl2N3O2/c9-6-5-7(12-8(10)11-6)13(1-3-14)2-4-15-5/h14H,1-4H2. The lowest BCUT2D eigenvalue weighted by Gasteiger charge is -2.29. The first-order valence-electron chi connectivity index (χ1n) is 4.44. The van der Waals surface area contributed by atoms with Crippen LogP contribution in [0.1, 0.15) is 0 Å². The highest BCUT2D eigenvalue weighted by atomic mass is 35.5. The van der Waals surface area contributed by atoms with E-state index in [1.807, 2.05) is 4.90 Å². The highest BCUT2D eigenvalue weighted by Gasteiger charge is 2.23. The summed E-state index contributed by atoms with van der Waals surface area (Å²) >= 11 is 11.6. The van der Waals surface area contributed by atoms with Gasteiger partial charge in [-0.15, -0.1) is 0 Å². The summed E-state index contributed by atoms with van der Waals surface area (Å²) in [6.07, 6.45) is 0. The van der Waals surface area contributed by atoms with E-state index in [-0.39, 0.29) is 17.0 Å². The van der Waals surface area contributed by atoms with E-state index in [9.17, 15) is 0 Å². The lowest BCUT2D eigenvalue weighted by Crippen LogP contribution is -2.35. The third-order valence-corrected chi connectivity index (χ3v) is 2.48. The first-order valence-corrected chi connectivity index (χ1v) is 5.19. The molecule has 0 saturated heterocycles. The number of ether oxygens (including phenoxy) is 1. The number of aliphatic hydroxyl groups is 1. The van der Waals surface area contributed by atoms with Crippen LogP contribution in [0, 0.1) is 0 Å². The molecule has 1 aromatic rings. The number of anilines is 1. The first-order chi connectivity index (χ1) is 7.22. The Morgan fingerprint density at radius 2 is 2.20 bits per heavy atom. The summed E-state index contributed by atoms with van der Waals surface area (Å²) in [5, 5.41) is 9.17. The Balaban J connectivity index is 2.41. The Bertz CT molecular complexity index is 375. The summed E-state index contributed by atoms with van der Waals surface area (Å²) in [7, 11) is 0. The summed E-state index contributed by atoms with van der Waals surface area (Å²) in [6.45, 7) is 1.66. The second-order valence-corrected chi connectivity index (χ2v) is 3.69.